The molecule has 0 saturated carbocycles. The fourth-order valence-electron chi connectivity index (χ4n) is 3.09. The number of halogens is 3. The van der Waals surface area contributed by atoms with Gasteiger partial charge in [-0.15, -0.1) is 0 Å². The number of rotatable bonds is 4. The second-order valence-corrected chi connectivity index (χ2v) is 7.50. The van der Waals surface area contributed by atoms with Crippen molar-refractivity contribution in [3.05, 3.63) is 62.5 Å². The van der Waals surface area contributed by atoms with Crippen LogP contribution < -0.4 is 5.01 Å². The van der Waals surface area contributed by atoms with E-state index in [9.17, 15) is 9.90 Å². The molecule has 1 N–H and O–H groups in total. The minimum atomic E-state index is -1.01. The summed E-state index contributed by atoms with van der Waals surface area (Å²) < 4.78 is 0.956. The fraction of sp³-hybridized carbons (Fsp3) is 0.222. The summed E-state index contributed by atoms with van der Waals surface area (Å²) in [6, 6.07) is 12.7. The summed E-state index contributed by atoms with van der Waals surface area (Å²) in [7, 11) is 0. The minimum absolute atomic E-state index is 0.140. The van der Waals surface area contributed by atoms with Crippen molar-refractivity contribution in [1.82, 2.24) is 0 Å². The van der Waals surface area contributed by atoms with Gasteiger partial charge in [0.2, 0.25) is 0 Å². The van der Waals surface area contributed by atoms with Gasteiger partial charge in [0, 0.05) is 15.4 Å². The van der Waals surface area contributed by atoms with Gasteiger partial charge in [-0.2, -0.15) is 5.10 Å². The largest absolute Gasteiger partial charge is 0.477 e. The topological polar surface area (TPSA) is 52.9 Å². The smallest absolute Gasteiger partial charge is 0.352 e. The first-order valence-electron chi connectivity index (χ1n) is 7.74. The van der Waals surface area contributed by atoms with Gasteiger partial charge in [0.1, 0.15) is 0 Å². The molecule has 0 aromatic heterocycles. The third-order valence-electron chi connectivity index (χ3n) is 4.24. The first kappa shape index (κ1) is 18.2. The molecule has 2 atom stereocenters. The van der Waals surface area contributed by atoms with Crippen molar-refractivity contribution in [3.63, 3.8) is 0 Å². The van der Waals surface area contributed by atoms with E-state index in [0.29, 0.717) is 22.2 Å². The quantitative estimate of drug-likeness (QED) is 0.653. The molecule has 1 aliphatic rings. The van der Waals surface area contributed by atoms with E-state index >= 15 is 0 Å². The van der Waals surface area contributed by atoms with Crippen LogP contribution in [0.3, 0.4) is 0 Å². The molecule has 0 unspecified atom stereocenters. The molecule has 4 nitrogen and oxygen atoms in total. The number of benzene rings is 2. The molecule has 1 aliphatic heterocycles. The number of carbonyl (C=O) groups is 1. The van der Waals surface area contributed by atoms with Crippen LogP contribution in [0.25, 0.3) is 0 Å². The molecule has 0 spiro atoms. The summed E-state index contributed by atoms with van der Waals surface area (Å²) >= 11 is 15.8. The van der Waals surface area contributed by atoms with Crippen LogP contribution in [0.1, 0.15) is 24.9 Å². The Bertz CT molecular complexity index is 839. The molecule has 0 amide bonds. The lowest BCUT2D eigenvalue weighted by Crippen LogP contribution is -2.27. The summed E-state index contributed by atoms with van der Waals surface area (Å²) in [5.41, 5.74) is 1.75. The summed E-state index contributed by atoms with van der Waals surface area (Å²) in [6.45, 7) is 1.96. The van der Waals surface area contributed by atoms with Crippen molar-refractivity contribution in [2.45, 2.75) is 19.4 Å². The number of nitrogens with zero attached hydrogens (tertiary/aromatic N) is 2. The van der Waals surface area contributed by atoms with Crippen molar-refractivity contribution >= 4 is 56.5 Å². The van der Waals surface area contributed by atoms with Crippen LogP contribution in [0.5, 0.6) is 0 Å². The van der Waals surface area contributed by atoms with E-state index < -0.39 is 5.97 Å². The SMILES string of the molecule is CC[C@H]1C(C(=O)O)=NN(c2ccc(Cl)cc2Cl)[C@H]1c1ccc(Br)cc1. The van der Waals surface area contributed by atoms with Crippen LogP contribution in [0.2, 0.25) is 10.0 Å². The molecule has 3 rings (SSSR count). The standard InChI is InChI=1S/C18H15BrCl2N2O2/c1-2-13-16(18(24)25)22-23(15-8-7-12(20)9-14(15)21)17(13)10-3-5-11(19)6-4-10/h3-9,13,17H,2H2,1H3,(H,24,25)/t13-,17-/m0/s1. The lowest BCUT2D eigenvalue weighted by Gasteiger charge is -2.28. The van der Waals surface area contributed by atoms with E-state index in [2.05, 4.69) is 21.0 Å². The summed E-state index contributed by atoms with van der Waals surface area (Å²) in [6.07, 6.45) is 0.646. The summed E-state index contributed by atoms with van der Waals surface area (Å²) in [4.78, 5) is 11.7. The molecule has 0 saturated heterocycles. The molecule has 2 aromatic carbocycles. The molecule has 130 valence electrons. The van der Waals surface area contributed by atoms with E-state index in [0.717, 1.165) is 10.0 Å². The maximum atomic E-state index is 11.7. The van der Waals surface area contributed by atoms with Gasteiger partial charge >= 0.3 is 5.97 Å². The Morgan fingerprint density at radius 2 is 1.92 bits per heavy atom. The Kier molecular flexibility index (Phi) is 5.37. The number of anilines is 1. The van der Waals surface area contributed by atoms with Gasteiger partial charge in [0.25, 0.3) is 0 Å². The van der Waals surface area contributed by atoms with E-state index in [1.807, 2.05) is 31.2 Å². The Morgan fingerprint density at radius 3 is 2.48 bits per heavy atom. The molecule has 0 radical (unpaired) electrons. The normalized spacial score (nSPS) is 19.8. The molecule has 0 bridgehead atoms. The second-order valence-electron chi connectivity index (χ2n) is 5.74. The highest BCUT2D eigenvalue weighted by Crippen LogP contribution is 2.43. The van der Waals surface area contributed by atoms with Gasteiger partial charge in [-0.25, -0.2) is 4.79 Å². The van der Waals surface area contributed by atoms with E-state index in [1.54, 1.807) is 23.2 Å². The predicted octanol–water partition coefficient (Wildman–Crippen LogP) is 5.78. The zero-order valence-electron chi connectivity index (χ0n) is 13.3. The highest BCUT2D eigenvalue weighted by molar-refractivity contribution is 9.10. The van der Waals surface area contributed by atoms with Gasteiger partial charge < -0.3 is 5.11 Å². The maximum Gasteiger partial charge on any atom is 0.352 e. The average Bonchev–Trinajstić information content (AvgIpc) is 2.95. The molecule has 0 aliphatic carbocycles. The van der Waals surface area contributed by atoms with Crippen LogP contribution in [0, 0.1) is 5.92 Å². The van der Waals surface area contributed by atoms with Crippen LogP contribution in [-0.2, 0) is 4.79 Å². The van der Waals surface area contributed by atoms with Crippen LogP contribution in [0.4, 0.5) is 5.69 Å². The van der Waals surface area contributed by atoms with Crippen molar-refractivity contribution < 1.29 is 9.90 Å². The van der Waals surface area contributed by atoms with E-state index in [1.165, 1.54) is 0 Å². The van der Waals surface area contributed by atoms with Crippen molar-refractivity contribution in [1.29, 1.82) is 0 Å². The molecule has 0 fully saturated rings. The third kappa shape index (κ3) is 3.54. The number of hydrogen-bond donors (Lipinski definition) is 1. The molecular weight excluding hydrogens is 427 g/mol. The number of hydrogen-bond acceptors (Lipinski definition) is 3. The first-order chi connectivity index (χ1) is 11.9. The molecule has 1 heterocycles. The Morgan fingerprint density at radius 1 is 1.24 bits per heavy atom. The highest BCUT2D eigenvalue weighted by atomic mass is 79.9. The fourth-order valence-corrected chi connectivity index (χ4v) is 3.85. The van der Waals surface area contributed by atoms with Crippen LogP contribution in [-0.4, -0.2) is 16.8 Å². The van der Waals surface area contributed by atoms with E-state index in [4.69, 9.17) is 23.2 Å². The molecule has 7 heteroatoms. The number of hydrazone groups is 1. The van der Waals surface area contributed by atoms with Crippen LogP contribution >= 0.6 is 39.1 Å². The van der Waals surface area contributed by atoms with Crippen molar-refractivity contribution in [3.8, 4) is 0 Å². The first-order valence-corrected chi connectivity index (χ1v) is 9.28. The van der Waals surface area contributed by atoms with Gasteiger partial charge in [-0.05, 0) is 42.3 Å². The number of carboxylic acid groups (broad SMARTS) is 1. The van der Waals surface area contributed by atoms with Gasteiger partial charge in [0.05, 0.1) is 16.8 Å². The van der Waals surface area contributed by atoms with Crippen molar-refractivity contribution in [2.24, 2.45) is 11.0 Å². The Labute approximate surface area is 164 Å². The molecule has 2 aromatic rings. The van der Waals surface area contributed by atoms with Gasteiger partial charge in [-0.3, -0.25) is 5.01 Å². The lowest BCUT2D eigenvalue weighted by atomic mass is 9.88. The minimum Gasteiger partial charge on any atom is -0.477 e. The zero-order chi connectivity index (χ0) is 18.1. The Hall–Kier alpha value is -1.56. The molecular formula is C18H15BrCl2N2O2. The van der Waals surface area contributed by atoms with Crippen LogP contribution in [0.15, 0.2) is 52.0 Å². The second kappa shape index (κ2) is 7.36. The predicted molar refractivity (Wildman–Crippen MR) is 105 cm³/mol. The lowest BCUT2D eigenvalue weighted by molar-refractivity contribution is -0.129. The van der Waals surface area contributed by atoms with Gasteiger partial charge in [-0.1, -0.05) is 58.2 Å². The maximum absolute atomic E-state index is 11.7. The third-order valence-corrected chi connectivity index (χ3v) is 5.30. The molecule has 25 heavy (non-hydrogen) atoms. The summed E-state index contributed by atoms with van der Waals surface area (Å²) in [5.74, 6) is -1.26. The van der Waals surface area contributed by atoms with Gasteiger partial charge in [0.15, 0.2) is 5.71 Å². The average molecular weight is 442 g/mol. The summed E-state index contributed by atoms with van der Waals surface area (Å²) in [5, 5.41) is 16.6. The Balaban J connectivity index is 2.13. The highest BCUT2D eigenvalue weighted by Gasteiger charge is 2.41. The van der Waals surface area contributed by atoms with Crippen molar-refractivity contribution in [2.75, 3.05) is 5.01 Å². The number of carboxylic acids is 1. The monoisotopic (exact) mass is 440 g/mol. The zero-order valence-corrected chi connectivity index (χ0v) is 16.4. The van der Waals surface area contributed by atoms with E-state index in [-0.39, 0.29) is 17.7 Å². The number of aliphatic carboxylic acids is 1.